The van der Waals surface area contributed by atoms with E-state index in [1.165, 1.54) is 42.5 Å². The molecule has 1 heterocycles. The lowest BCUT2D eigenvalue weighted by atomic mass is 10.2. The lowest BCUT2D eigenvalue weighted by Gasteiger charge is -2.22. The first-order chi connectivity index (χ1) is 15.3. The molecular formula is C22H22ClN3O4S2. The van der Waals surface area contributed by atoms with Crippen LogP contribution >= 0.6 is 22.9 Å². The van der Waals surface area contributed by atoms with Gasteiger partial charge < -0.3 is 10.6 Å². The van der Waals surface area contributed by atoms with E-state index in [-0.39, 0.29) is 23.9 Å². The van der Waals surface area contributed by atoms with E-state index < -0.39 is 15.9 Å². The smallest absolute Gasteiger partial charge is 0.243 e. The van der Waals surface area contributed by atoms with Crippen LogP contribution in [0.25, 0.3) is 0 Å². The average molecular weight is 492 g/mol. The van der Waals surface area contributed by atoms with Crippen molar-refractivity contribution in [3.63, 3.8) is 0 Å². The summed E-state index contributed by atoms with van der Waals surface area (Å²) < 4.78 is 27.8. The molecule has 0 fully saturated rings. The molecule has 0 aliphatic rings. The molecule has 10 heteroatoms. The van der Waals surface area contributed by atoms with Crippen LogP contribution in [0.4, 0.5) is 5.69 Å². The van der Waals surface area contributed by atoms with Crippen LogP contribution < -0.4 is 10.6 Å². The third-order valence-corrected chi connectivity index (χ3v) is 7.53. The summed E-state index contributed by atoms with van der Waals surface area (Å²) in [5.41, 5.74) is 1.06. The van der Waals surface area contributed by atoms with Crippen molar-refractivity contribution < 1.29 is 18.0 Å². The number of nitrogens with one attached hydrogen (secondary N) is 2. The van der Waals surface area contributed by atoms with Crippen molar-refractivity contribution in [2.75, 3.05) is 11.9 Å². The van der Waals surface area contributed by atoms with Gasteiger partial charge in [-0.25, -0.2) is 8.42 Å². The summed E-state index contributed by atoms with van der Waals surface area (Å²) >= 11 is 7.74. The second kappa shape index (κ2) is 10.7. The molecule has 2 aromatic carbocycles. The van der Waals surface area contributed by atoms with Crippen LogP contribution in [0.2, 0.25) is 5.02 Å². The predicted octanol–water partition coefficient (Wildman–Crippen LogP) is 3.87. The van der Waals surface area contributed by atoms with Crippen molar-refractivity contribution in [1.82, 2.24) is 9.62 Å². The zero-order valence-electron chi connectivity index (χ0n) is 17.2. The second-order valence-corrected chi connectivity index (χ2v) is 10.3. The summed E-state index contributed by atoms with van der Waals surface area (Å²) in [5, 5.41) is 7.66. The lowest BCUT2D eigenvalue weighted by Crippen LogP contribution is -2.40. The zero-order valence-corrected chi connectivity index (χ0v) is 19.6. The molecule has 0 aliphatic carbocycles. The van der Waals surface area contributed by atoms with Crippen molar-refractivity contribution in [1.29, 1.82) is 0 Å². The van der Waals surface area contributed by atoms with Crippen molar-refractivity contribution in [2.24, 2.45) is 0 Å². The fourth-order valence-corrected chi connectivity index (χ4v) is 5.13. The Morgan fingerprint density at radius 3 is 2.38 bits per heavy atom. The number of thiophene rings is 1. The van der Waals surface area contributed by atoms with Gasteiger partial charge in [0, 0.05) is 29.1 Å². The van der Waals surface area contributed by atoms with Gasteiger partial charge in [-0.3, -0.25) is 9.59 Å². The molecule has 3 rings (SSSR count). The van der Waals surface area contributed by atoms with Crippen LogP contribution in [-0.2, 0) is 32.7 Å². The highest BCUT2D eigenvalue weighted by Gasteiger charge is 2.27. The van der Waals surface area contributed by atoms with Gasteiger partial charge in [-0.05, 0) is 47.3 Å². The molecule has 0 bridgehead atoms. The van der Waals surface area contributed by atoms with Crippen LogP contribution in [0.15, 0.2) is 70.9 Å². The Kier molecular flexibility index (Phi) is 8.03. The fraction of sp³-hybridized carbons (Fsp3) is 0.182. The Labute approximate surface area is 196 Å². The first kappa shape index (κ1) is 23.9. The van der Waals surface area contributed by atoms with Gasteiger partial charge in [-0.15, -0.1) is 11.3 Å². The first-order valence-electron chi connectivity index (χ1n) is 9.66. The fourth-order valence-electron chi connectivity index (χ4n) is 2.92. The molecule has 0 saturated carbocycles. The summed E-state index contributed by atoms with van der Waals surface area (Å²) in [7, 11) is -4.02. The molecular weight excluding hydrogens is 470 g/mol. The predicted molar refractivity (Wildman–Crippen MR) is 126 cm³/mol. The van der Waals surface area contributed by atoms with Gasteiger partial charge in [-0.1, -0.05) is 35.9 Å². The normalized spacial score (nSPS) is 11.3. The third kappa shape index (κ3) is 6.39. The molecule has 1 aromatic heterocycles. The number of nitrogens with zero attached hydrogens (tertiary/aromatic N) is 1. The molecule has 0 saturated heterocycles. The minimum absolute atomic E-state index is 0.00436. The van der Waals surface area contributed by atoms with Gasteiger partial charge in [0.15, 0.2) is 0 Å². The number of benzene rings is 2. The maximum Gasteiger partial charge on any atom is 0.243 e. The Morgan fingerprint density at radius 1 is 1.03 bits per heavy atom. The summed E-state index contributed by atoms with van der Waals surface area (Å²) in [6, 6.07) is 16.4. The van der Waals surface area contributed by atoms with Crippen molar-refractivity contribution >= 4 is 50.5 Å². The van der Waals surface area contributed by atoms with E-state index in [1.54, 1.807) is 24.3 Å². The van der Waals surface area contributed by atoms with Gasteiger partial charge in [-0.2, -0.15) is 4.31 Å². The minimum Gasteiger partial charge on any atom is -0.350 e. The molecule has 0 radical (unpaired) electrons. The number of rotatable bonds is 9. The number of hydrogen-bond donors (Lipinski definition) is 2. The molecule has 0 unspecified atom stereocenters. The van der Waals surface area contributed by atoms with E-state index in [9.17, 15) is 18.0 Å². The summed E-state index contributed by atoms with van der Waals surface area (Å²) in [6.45, 7) is 1.25. The Hall–Kier alpha value is -2.72. The molecule has 0 aliphatic heterocycles. The van der Waals surface area contributed by atoms with Crippen LogP contribution in [0.5, 0.6) is 0 Å². The summed E-state index contributed by atoms with van der Waals surface area (Å²) in [6.07, 6.45) is 0. The Bertz CT molecular complexity index is 1180. The molecule has 168 valence electrons. The van der Waals surface area contributed by atoms with Crippen LogP contribution in [0.1, 0.15) is 17.4 Å². The van der Waals surface area contributed by atoms with E-state index in [4.69, 9.17) is 11.6 Å². The SMILES string of the molecule is CC(=O)Nc1ccc(S(=O)(=O)N(CC(=O)NCc2cccs2)Cc2ccccc2Cl)cc1. The first-order valence-corrected chi connectivity index (χ1v) is 12.4. The number of carbonyl (C=O) groups excluding carboxylic acids is 2. The van der Waals surface area contributed by atoms with Crippen molar-refractivity contribution in [3.05, 3.63) is 81.5 Å². The van der Waals surface area contributed by atoms with Crippen LogP contribution in [-0.4, -0.2) is 31.1 Å². The summed E-state index contributed by atoms with van der Waals surface area (Å²) in [5.74, 6) is -0.688. The highest BCUT2D eigenvalue weighted by atomic mass is 35.5. The van der Waals surface area contributed by atoms with Crippen LogP contribution in [0.3, 0.4) is 0 Å². The van der Waals surface area contributed by atoms with E-state index in [2.05, 4.69) is 10.6 Å². The standard InChI is InChI=1S/C22H22ClN3O4S2/c1-16(27)25-18-8-10-20(11-9-18)32(29,30)26(14-17-5-2-3-7-21(17)23)15-22(28)24-13-19-6-4-12-31-19/h2-12H,13-15H2,1H3,(H,24,28)(H,25,27). The second-order valence-electron chi connectivity index (χ2n) is 6.93. The number of hydrogen-bond acceptors (Lipinski definition) is 5. The van der Waals surface area contributed by atoms with Crippen molar-refractivity contribution in [3.8, 4) is 0 Å². The molecule has 7 nitrogen and oxygen atoms in total. The summed E-state index contributed by atoms with van der Waals surface area (Å²) in [4.78, 5) is 24.8. The van der Waals surface area contributed by atoms with E-state index in [0.29, 0.717) is 22.8 Å². The van der Waals surface area contributed by atoms with Gasteiger partial charge in [0.25, 0.3) is 0 Å². The minimum atomic E-state index is -4.02. The lowest BCUT2D eigenvalue weighted by molar-refractivity contribution is -0.121. The number of halogens is 1. The topological polar surface area (TPSA) is 95.6 Å². The van der Waals surface area contributed by atoms with Gasteiger partial charge in [0.2, 0.25) is 21.8 Å². The van der Waals surface area contributed by atoms with Crippen LogP contribution in [0, 0.1) is 0 Å². The molecule has 2 N–H and O–H groups in total. The van der Waals surface area contributed by atoms with E-state index in [0.717, 1.165) is 9.18 Å². The molecule has 32 heavy (non-hydrogen) atoms. The monoisotopic (exact) mass is 491 g/mol. The number of sulfonamides is 1. The molecule has 0 spiro atoms. The van der Waals surface area contributed by atoms with E-state index in [1.807, 2.05) is 17.5 Å². The molecule has 2 amide bonds. The van der Waals surface area contributed by atoms with Crippen molar-refractivity contribution in [2.45, 2.75) is 24.9 Å². The maximum absolute atomic E-state index is 13.4. The highest BCUT2D eigenvalue weighted by Crippen LogP contribution is 2.23. The maximum atomic E-state index is 13.4. The van der Waals surface area contributed by atoms with E-state index >= 15 is 0 Å². The molecule has 0 atom stereocenters. The van der Waals surface area contributed by atoms with Gasteiger partial charge in [0.1, 0.15) is 0 Å². The van der Waals surface area contributed by atoms with Gasteiger partial charge >= 0.3 is 0 Å². The third-order valence-electron chi connectivity index (χ3n) is 4.48. The Morgan fingerprint density at radius 2 is 1.75 bits per heavy atom. The zero-order chi connectivity index (χ0) is 23.1. The number of carbonyl (C=O) groups is 2. The Balaban J connectivity index is 1.83. The quantitative estimate of drug-likeness (QED) is 0.475. The number of amides is 2. The average Bonchev–Trinajstić information content (AvgIpc) is 3.27. The highest BCUT2D eigenvalue weighted by molar-refractivity contribution is 7.89. The number of anilines is 1. The largest absolute Gasteiger partial charge is 0.350 e. The molecule has 3 aromatic rings. The van der Waals surface area contributed by atoms with Gasteiger partial charge in [0.05, 0.1) is 18.0 Å².